The smallest absolute Gasteiger partial charge is 0.340 e. The van der Waals surface area contributed by atoms with E-state index in [4.69, 9.17) is 4.74 Å². The van der Waals surface area contributed by atoms with Gasteiger partial charge in [-0.1, -0.05) is 41.7 Å². The Kier molecular flexibility index (Phi) is 6.43. The maximum absolute atomic E-state index is 12.7. The summed E-state index contributed by atoms with van der Waals surface area (Å²) in [6.45, 7) is 3.59. The van der Waals surface area contributed by atoms with Gasteiger partial charge in [0.25, 0.3) is 20.3 Å². The Balaban J connectivity index is 1.79. The molecule has 1 heterocycles. The van der Waals surface area contributed by atoms with Crippen LogP contribution < -0.4 is 10.0 Å². The number of sulfonamides is 1. The second-order valence-electron chi connectivity index (χ2n) is 6.01. The average Bonchev–Trinajstić information content (AvgIpc) is 3.18. The highest BCUT2D eigenvalue weighted by atomic mass is 32.2. The Bertz CT molecular complexity index is 1190. The third-order valence-corrected chi connectivity index (χ3v) is 6.48. The first-order valence-electron chi connectivity index (χ1n) is 8.81. The number of carbonyl (C=O) groups excluding carboxylic acids is 2. The summed E-state index contributed by atoms with van der Waals surface area (Å²) in [4.78, 5) is 24.4. The van der Waals surface area contributed by atoms with Crippen LogP contribution in [0.4, 0.5) is 10.8 Å². The van der Waals surface area contributed by atoms with E-state index in [0.717, 1.165) is 5.56 Å². The number of esters is 1. The van der Waals surface area contributed by atoms with Crippen LogP contribution in [-0.2, 0) is 14.8 Å². The zero-order valence-corrected chi connectivity index (χ0v) is 17.7. The maximum atomic E-state index is 12.7. The van der Waals surface area contributed by atoms with Gasteiger partial charge in [-0.3, -0.25) is 14.8 Å². The van der Waals surface area contributed by atoms with Crippen LogP contribution in [0.3, 0.4) is 0 Å². The van der Waals surface area contributed by atoms with Crippen molar-refractivity contribution in [3.63, 3.8) is 0 Å². The number of hydrogen-bond donors (Lipinski definition) is 2. The third kappa shape index (κ3) is 4.81. The van der Waals surface area contributed by atoms with Crippen LogP contribution in [0, 0.1) is 6.92 Å². The highest BCUT2D eigenvalue weighted by Gasteiger charge is 2.24. The van der Waals surface area contributed by atoms with Crippen molar-refractivity contribution in [1.82, 2.24) is 10.2 Å². The van der Waals surface area contributed by atoms with Gasteiger partial charge in [0.05, 0.1) is 17.9 Å². The standard InChI is InChI=1S/C19H18N4O5S2/c1-3-28-17(25)14-10-6-7-11-15(14)23-30(26,27)19-22-21-18(29-19)20-16(24)13-9-5-4-8-12(13)2/h4-11,23H,3H2,1-2H3,(H,20,21,24). The van der Waals surface area contributed by atoms with Gasteiger partial charge in [-0.15, -0.1) is 10.2 Å². The molecule has 11 heteroatoms. The zero-order chi connectivity index (χ0) is 21.7. The van der Waals surface area contributed by atoms with Gasteiger partial charge in [-0.05, 0) is 37.6 Å². The fraction of sp³-hybridized carbons (Fsp3) is 0.158. The molecule has 0 aliphatic carbocycles. The normalized spacial score (nSPS) is 11.0. The second kappa shape index (κ2) is 9.01. The first-order valence-corrected chi connectivity index (χ1v) is 11.1. The quantitative estimate of drug-likeness (QED) is 0.422. The van der Waals surface area contributed by atoms with Gasteiger partial charge in [0, 0.05) is 5.56 Å². The molecule has 1 amide bonds. The molecular weight excluding hydrogens is 428 g/mol. The van der Waals surface area contributed by atoms with Crippen LogP contribution in [0.5, 0.6) is 0 Å². The van der Waals surface area contributed by atoms with Crippen LogP contribution in [0.15, 0.2) is 52.9 Å². The minimum absolute atomic E-state index is 0.0299. The van der Waals surface area contributed by atoms with Crippen molar-refractivity contribution in [2.24, 2.45) is 0 Å². The molecule has 0 unspecified atom stereocenters. The van der Waals surface area contributed by atoms with Crippen LogP contribution in [-0.4, -0.2) is 37.1 Å². The lowest BCUT2D eigenvalue weighted by molar-refractivity contribution is 0.0527. The molecule has 2 aromatic carbocycles. The van der Waals surface area contributed by atoms with E-state index in [0.29, 0.717) is 16.9 Å². The minimum atomic E-state index is -4.14. The number of para-hydroxylation sites is 1. The largest absolute Gasteiger partial charge is 0.462 e. The summed E-state index contributed by atoms with van der Waals surface area (Å²) >= 11 is 0.692. The molecule has 30 heavy (non-hydrogen) atoms. The fourth-order valence-electron chi connectivity index (χ4n) is 2.51. The number of amides is 1. The molecule has 9 nitrogen and oxygen atoms in total. The number of nitrogens with one attached hydrogen (secondary N) is 2. The van der Waals surface area contributed by atoms with E-state index < -0.39 is 21.9 Å². The highest BCUT2D eigenvalue weighted by molar-refractivity contribution is 7.94. The van der Waals surface area contributed by atoms with Crippen LogP contribution in [0.2, 0.25) is 0 Å². The fourth-order valence-corrected chi connectivity index (χ4v) is 4.48. The first-order chi connectivity index (χ1) is 14.3. The molecule has 0 radical (unpaired) electrons. The van der Waals surface area contributed by atoms with E-state index in [1.165, 1.54) is 12.1 Å². The number of nitrogens with zero attached hydrogens (tertiary/aromatic N) is 2. The minimum Gasteiger partial charge on any atom is -0.462 e. The number of carbonyl (C=O) groups is 2. The summed E-state index contributed by atoms with van der Waals surface area (Å²) in [5, 5.41) is 9.95. The van der Waals surface area contributed by atoms with Crippen molar-refractivity contribution in [2.75, 3.05) is 16.6 Å². The topological polar surface area (TPSA) is 127 Å². The number of aryl methyl sites for hydroxylation is 1. The molecule has 1 aromatic heterocycles. The monoisotopic (exact) mass is 446 g/mol. The lowest BCUT2D eigenvalue weighted by atomic mass is 10.1. The summed E-state index contributed by atoms with van der Waals surface area (Å²) < 4.78 is 32.3. The predicted octanol–water partition coefficient (Wildman–Crippen LogP) is 3.08. The van der Waals surface area contributed by atoms with Crippen molar-refractivity contribution >= 4 is 44.1 Å². The van der Waals surface area contributed by atoms with Crippen molar-refractivity contribution in [3.8, 4) is 0 Å². The molecule has 3 aromatic rings. The molecule has 2 N–H and O–H groups in total. The van der Waals surface area contributed by atoms with E-state index in [9.17, 15) is 18.0 Å². The molecule has 0 fully saturated rings. The number of anilines is 2. The molecule has 0 spiro atoms. The van der Waals surface area contributed by atoms with Gasteiger partial charge in [0.15, 0.2) is 0 Å². The second-order valence-corrected chi connectivity index (χ2v) is 8.85. The predicted molar refractivity (Wildman–Crippen MR) is 112 cm³/mol. The van der Waals surface area contributed by atoms with E-state index in [-0.39, 0.29) is 27.3 Å². The first kappa shape index (κ1) is 21.4. The number of ether oxygens (including phenoxy) is 1. The van der Waals surface area contributed by atoms with Crippen LogP contribution in [0.1, 0.15) is 33.2 Å². The van der Waals surface area contributed by atoms with E-state index in [2.05, 4.69) is 20.2 Å². The summed E-state index contributed by atoms with van der Waals surface area (Å²) in [6.07, 6.45) is 0. The van der Waals surface area contributed by atoms with E-state index in [1.54, 1.807) is 44.2 Å². The molecule has 0 aliphatic heterocycles. The Morgan fingerprint density at radius 3 is 2.40 bits per heavy atom. The summed E-state index contributed by atoms with van der Waals surface area (Å²) in [7, 11) is -4.14. The van der Waals surface area contributed by atoms with Gasteiger partial charge < -0.3 is 4.74 Å². The molecule has 0 atom stereocenters. The molecule has 0 saturated heterocycles. The van der Waals surface area contributed by atoms with Gasteiger partial charge in [0.1, 0.15) is 0 Å². The SMILES string of the molecule is CCOC(=O)c1ccccc1NS(=O)(=O)c1nnc(NC(=O)c2ccccc2C)s1. The Labute approximate surface area is 177 Å². The molecule has 0 saturated carbocycles. The molecule has 0 aliphatic rings. The van der Waals surface area contributed by atoms with Gasteiger partial charge in [0.2, 0.25) is 5.13 Å². The third-order valence-electron chi connectivity index (χ3n) is 3.91. The van der Waals surface area contributed by atoms with Crippen LogP contribution >= 0.6 is 11.3 Å². The summed E-state index contributed by atoms with van der Waals surface area (Å²) in [5.74, 6) is -1.08. The summed E-state index contributed by atoms with van der Waals surface area (Å²) in [6, 6.07) is 13.0. The lowest BCUT2D eigenvalue weighted by Gasteiger charge is -2.10. The van der Waals surface area contributed by atoms with Crippen molar-refractivity contribution < 1.29 is 22.7 Å². The number of aromatic nitrogens is 2. The molecule has 3 rings (SSSR count). The van der Waals surface area contributed by atoms with Gasteiger partial charge in [-0.2, -0.15) is 8.42 Å². The van der Waals surface area contributed by atoms with Gasteiger partial charge >= 0.3 is 5.97 Å². The van der Waals surface area contributed by atoms with Crippen molar-refractivity contribution in [1.29, 1.82) is 0 Å². The number of hydrogen-bond acceptors (Lipinski definition) is 8. The summed E-state index contributed by atoms with van der Waals surface area (Å²) in [5.41, 5.74) is 1.33. The maximum Gasteiger partial charge on any atom is 0.340 e. The number of rotatable bonds is 7. The zero-order valence-electron chi connectivity index (χ0n) is 16.1. The lowest BCUT2D eigenvalue weighted by Crippen LogP contribution is -2.16. The molecular formula is C19H18N4O5S2. The number of benzene rings is 2. The Morgan fingerprint density at radius 2 is 1.70 bits per heavy atom. The molecule has 0 bridgehead atoms. The average molecular weight is 447 g/mol. The Hall–Kier alpha value is -3.31. The van der Waals surface area contributed by atoms with E-state index in [1.807, 2.05) is 6.07 Å². The molecule has 156 valence electrons. The highest BCUT2D eigenvalue weighted by Crippen LogP contribution is 2.25. The Morgan fingerprint density at radius 1 is 1.03 bits per heavy atom. The van der Waals surface area contributed by atoms with Gasteiger partial charge in [-0.25, -0.2) is 4.79 Å². The van der Waals surface area contributed by atoms with Crippen molar-refractivity contribution in [3.05, 3.63) is 65.2 Å². The van der Waals surface area contributed by atoms with E-state index >= 15 is 0 Å². The van der Waals surface area contributed by atoms with Crippen LogP contribution in [0.25, 0.3) is 0 Å². The van der Waals surface area contributed by atoms with Crippen molar-refractivity contribution in [2.45, 2.75) is 18.2 Å².